The SMILES string of the molecule is COc1ccc(C(=O)N2c3ccccc3C[C@@H]2C)cc1F. The number of carbonyl (C=O) groups excluding carboxylic acids is 1. The van der Waals surface area contributed by atoms with E-state index >= 15 is 0 Å². The molecule has 3 rings (SSSR count). The van der Waals surface area contributed by atoms with Crippen molar-refractivity contribution in [3.8, 4) is 5.75 Å². The number of fused-ring (bicyclic) bond motifs is 1. The predicted molar refractivity (Wildman–Crippen MR) is 79.4 cm³/mol. The Labute approximate surface area is 123 Å². The Morgan fingerprint density at radius 2 is 2.05 bits per heavy atom. The van der Waals surface area contributed by atoms with Crippen LogP contribution in [0.4, 0.5) is 10.1 Å². The van der Waals surface area contributed by atoms with Gasteiger partial charge in [0.2, 0.25) is 0 Å². The summed E-state index contributed by atoms with van der Waals surface area (Å²) in [7, 11) is 1.40. The zero-order valence-corrected chi connectivity index (χ0v) is 12.0. The Morgan fingerprint density at radius 3 is 2.76 bits per heavy atom. The fourth-order valence-corrected chi connectivity index (χ4v) is 2.81. The number of para-hydroxylation sites is 1. The molecular weight excluding hydrogens is 269 g/mol. The van der Waals surface area contributed by atoms with Gasteiger partial charge >= 0.3 is 0 Å². The van der Waals surface area contributed by atoms with Crippen molar-refractivity contribution in [1.29, 1.82) is 0 Å². The van der Waals surface area contributed by atoms with Crippen LogP contribution in [0.5, 0.6) is 5.75 Å². The molecule has 0 bridgehead atoms. The number of halogens is 1. The van der Waals surface area contributed by atoms with Crippen LogP contribution in [0.2, 0.25) is 0 Å². The van der Waals surface area contributed by atoms with Crippen molar-refractivity contribution in [2.75, 3.05) is 12.0 Å². The van der Waals surface area contributed by atoms with E-state index in [9.17, 15) is 9.18 Å². The second kappa shape index (κ2) is 5.20. The van der Waals surface area contributed by atoms with Gasteiger partial charge in [0.25, 0.3) is 5.91 Å². The number of ether oxygens (including phenoxy) is 1. The minimum Gasteiger partial charge on any atom is -0.494 e. The van der Waals surface area contributed by atoms with E-state index in [2.05, 4.69) is 0 Å². The van der Waals surface area contributed by atoms with Crippen LogP contribution in [-0.4, -0.2) is 19.1 Å². The molecule has 0 aliphatic carbocycles. The number of anilines is 1. The van der Waals surface area contributed by atoms with Crippen LogP contribution in [0.15, 0.2) is 42.5 Å². The third-order valence-electron chi connectivity index (χ3n) is 3.82. The van der Waals surface area contributed by atoms with E-state index in [0.29, 0.717) is 5.56 Å². The van der Waals surface area contributed by atoms with Gasteiger partial charge in [-0.3, -0.25) is 4.79 Å². The summed E-state index contributed by atoms with van der Waals surface area (Å²) < 4.78 is 18.7. The van der Waals surface area contributed by atoms with Crippen molar-refractivity contribution >= 4 is 11.6 Å². The molecule has 0 saturated carbocycles. The van der Waals surface area contributed by atoms with Crippen LogP contribution in [0.25, 0.3) is 0 Å². The van der Waals surface area contributed by atoms with E-state index in [1.165, 1.54) is 19.2 Å². The largest absolute Gasteiger partial charge is 0.494 e. The maximum Gasteiger partial charge on any atom is 0.258 e. The number of rotatable bonds is 2. The molecule has 21 heavy (non-hydrogen) atoms. The fourth-order valence-electron chi connectivity index (χ4n) is 2.81. The maximum absolute atomic E-state index is 13.8. The van der Waals surface area contributed by atoms with Crippen molar-refractivity contribution in [1.82, 2.24) is 0 Å². The summed E-state index contributed by atoms with van der Waals surface area (Å²) in [5, 5.41) is 0. The zero-order chi connectivity index (χ0) is 15.0. The average molecular weight is 285 g/mol. The standard InChI is InChI=1S/C17H16FNO2/c1-11-9-12-5-3-4-6-15(12)19(11)17(20)13-7-8-16(21-2)14(18)10-13/h3-8,10-11H,9H2,1-2H3/t11-/m0/s1. The number of hydrogen-bond acceptors (Lipinski definition) is 2. The van der Waals surface area contributed by atoms with Gasteiger partial charge in [-0.15, -0.1) is 0 Å². The lowest BCUT2D eigenvalue weighted by molar-refractivity contribution is 0.0981. The molecule has 0 saturated heterocycles. The number of hydrogen-bond donors (Lipinski definition) is 0. The fraction of sp³-hybridized carbons (Fsp3) is 0.235. The first-order chi connectivity index (χ1) is 10.1. The molecule has 0 fully saturated rings. The minimum atomic E-state index is -0.525. The van der Waals surface area contributed by atoms with Gasteiger partial charge in [0, 0.05) is 17.3 Å². The van der Waals surface area contributed by atoms with Gasteiger partial charge in [0.1, 0.15) is 0 Å². The number of amides is 1. The Bertz CT molecular complexity index is 699. The summed E-state index contributed by atoms with van der Waals surface area (Å²) in [5.74, 6) is -0.570. The number of benzene rings is 2. The molecule has 2 aromatic rings. The second-order valence-corrected chi connectivity index (χ2v) is 5.21. The van der Waals surface area contributed by atoms with Gasteiger partial charge in [-0.1, -0.05) is 18.2 Å². The third-order valence-corrected chi connectivity index (χ3v) is 3.82. The summed E-state index contributed by atoms with van der Waals surface area (Å²) in [6.07, 6.45) is 0.820. The summed E-state index contributed by atoms with van der Waals surface area (Å²) in [6, 6.07) is 12.2. The van der Waals surface area contributed by atoms with Gasteiger partial charge in [0.15, 0.2) is 11.6 Å². The first-order valence-corrected chi connectivity index (χ1v) is 6.87. The molecule has 2 aromatic carbocycles. The molecule has 1 aliphatic heterocycles. The molecule has 0 aromatic heterocycles. The lowest BCUT2D eigenvalue weighted by Crippen LogP contribution is -2.35. The van der Waals surface area contributed by atoms with Crippen molar-refractivity contribution in [3.63, 3.8) is 0 Å². The lowest BCUT2D eigenvalue weighted by atomic mass is 10.1. The van der Waals surface area contributed by atoms with E-state index in [1.54, 1.807) is 11.0 Å². The Balaban J connectivity index is 1.97. The van der Waals surface area contributed by atoms with Gasteiger partial charge < -0.3 is 9.64 Å². The average Bonchev–Trinajstić information content (AvgIpc) is 2.82. The molecular formula is C17H16FNO2. The van der Waals surface area contributed by atoms with Gasteiger partial charge in [-0.25, -0.2) is 4.39 Å². The highest BCUT2D eigenvalue weighted by Gasteiger charge is 2.31. The molecule has 1 atom stereocenters. The molecule has 0 unspecified atom stereocenters. The normalized spacial score (nSPS) is 16.7. The number of methoxy groups -OCH3 is 1. The summed E-state index contributed by atoms with van der Waals surface area (Å²) in [6.45, 7) is 2.00. The minimum absolute atomic E-state index is 0.0695. The monoisotopic (exact) mass is 285 g/mol. The maximum atomic E-state index is 13.8. The molecule has 3 nitrogen and oxygen atoms in total. The number of carbonyl (C=O) groups is 1. The first-order valence-electron chi connectivity index (χ1n) is 6.87. The van der Waals surface area contributed by atoms with E-state index in [4.69, 9.17) is 4.74 Å². The van der Waals surface area contributed by atoms with Crippen LogP contribution in [0.3, 0.4) is 0 Å². The summed E-state index contributed by atoms with van der Waals surface area (Å²) >= 11 is 0. The molecule has 4 heteroatoms. The third kappa shape index (κ3) is 2.27. The number of nitrogens with zero attached hydrogens (tertiary/aromatic N) is 1. The quantitative estimate of drug-likeness (QED) is 0.846. The molecule has 1 amide bonds. The van der Waals surface area contributed by atoms with E-state index < -0.39 is 5.82 Å². The molecule has 1 aliphatic rings. The van der Waals surface area contributed by atoms with E-state index in [1.807, 2.05) is 31.2 Å². The first kappa shape index (κ1) is 13.6. The Morgan fingerprint density at radius 1 is 1.29 bits per heavy atom. The van der Waals surface area contributed by atoms with E-state index in [0.717, 1.165) is 17.7 Å². The van der Waals surface area contributed by atoms with Gasteiger partial charge in [-0.05, 0) is 43.2 Å². The van der Waals surface area contributed by atoms with Gasteiger partial charge in [-0.2, -0.15) is 0 Å². The molecule has 108 valence electrons. The Kier molecular flexibility index (Phi) is 3.37. The predicted octanol–water partition coefficient (Wildman–Crippen LogP) is 3.43. The second-order valence-electron chi connectivity index (χ2n) is 5.21. The topological polar surface area (TPSA) is 29.5 Å². The zero-order valence-electron chi connectivity index (χ0n) is 12.0. The summed E-state index contributed by atoms with van der Waals surface area (Å²) in [5.41, 5.74) is 2.38. The van der Waals surface area contributed by atoms with Crippen molar-refractivity contribution in [2.45, 2.75) is 19.4 Å². The van der Waals surface area contributed by atoms with Gasteiger partial charge in [0.05, 0.1) is 7.11 Å². The van der Waals surface area contributed by atoms with Crippen LogP contribution in [-0.2, 0) is 6.42 Å². The molecule has 0 radical (unpaired) electrons. The highest BCUT2D eigenvalue weighted by atomic mass is 19.1. The summed E-state index contributed by atoms with van der Waals surface area (Å²) in [4.78, 5) is 14.4. The van der Waals surface area contributed by atoms with Crippen LogP contribution in [0, 0.1) is 5.82 Å². The van der Waals surface area contributed by atoms with Crippen LogP contribution in [0.1, 0.15) is 22.8 Å². The highest BCUT2D eigenvalue weighted by Crippen LogP contribution is 2.33. The van der Waals surface area contributed by atoms with Crippen molar-refractivity contribution in [2.24, 2.45) is 0 Å². The van der Waals surface area contributed by atoms with E-state index in [-0.39, 0.29) is 17.7 Å². The molecule has 0 N–H and O–H groups in total. The van der Waals surface area contributed by atoms with Crippen molar-refractivity contribution < 1.29 is 13.9 Å². The smallest absolute Gasteiger partial charge is 0.258 e. The van der Waals surface area contributed by atoms with Crippen molar-refractivity contribution in [3.05, 3.63) is 59.4 Å². The molecule has 1 heterocycles. The highest BCUT2D eigenvalue weighted by molar-refractivity contribution is 6.07. The molecule has 0 spiro atoms. The van der Waals surface area contributed by atoms with Crippen LogP contribution >= 0.6 is 0 Å². The van der Waals surface area contributed by atoms with Crippen LogP contribution < -0.4 is 9.64 Å². The lowest BCUT2D eigenvalue weighted by Gasteiger charge is -2.23. The Hall–Kier alpha value is -2.36.